The number of para-hydroxylation sites is 2. The number of aryl methyl sites for hydroxylation is 1. The SMILES string of the molecule is NC(=O)C[n+]1c(N)n(CCCOc2ccc(Br)cc2)c2ccccc21.[Cl-]. The van der Waals surface area contributed by atoms with Gasteiger partial charge in [0.05, 0.1) is 13.2 Å². The third kappa shape index (κ3) is 4.47. The highest BCUT2D eigenvalue weighted by atomic mass is 79.9. The number of hydrogen-bond acceptors (Lipinski definition) is 3. The maximum absolute atomic E-state index is 11.3. The Kier molecular flexibility index (Phi) is 6.88. The van der Waals surface area contributed by atoms with Crippen LogP contribution in [0.5, 0.6) is 5.75 Å². The van der Waals surface area contributed by atoms with Crippen LogP contribution in [0.25, 0.3) is 11.0 Å². The molecule has 0 aliphatic heterocycles. The fraction of sp³-hybridized carbons (Fsp3) is 0.222. The van der Waals surface area contributed by atoms with E-state index in [0.29, 0.717) is 19.1 Å². The lowest BCUT2D eigenvalue weighted by molar-refractivity contribution is -0.644. The van der Waals surface area contributed by atoms with Crippen molar-refractivity contribution in [2.24, 2.45) is 5.73 Å². The Hall–Kier alpha value is -2.25. The predicted octanol–water partition coefficient (Wildman–Crippen LogP) is -0.768. The van der Waals surface area contributed by atoms with Crippen molar-refractivity contribution in [3.05, 3.63) is 53.0 Å². The molecule has 0 bridgehead atoms. The summed E-state index contributed by atoms with van der Waals surface area (Å²) in [6.45, 7) is 1.33. The number of imidazole rings is 1. The molecule has 4 N–H and O–H groups in total. The van der Waals surface area contributed by atoms with E-state index in [1.807, 2.05) is 53.1 Å². The summed E-state index contributed by atoms with van der Waals surface area (Å²) in [4.78, 5) is 11.3. The standard InChI is InChI=1S/C18H19BrN4O2.ClH/c19-13-6-8-14(9-7-13)25-11-3-10-22-15-4-1-2-5-16(15)23(18(22)21)12-17(20)24;/h1-2,4-9,21H,3,10-12H2,(H2,20,24);1H. The molecule has 0 unspecified atom stereocenters. The number of benzene rings is 2. The van der Waals surface area contributed by atoms with E-state index >= 15 is 0 Å². The normalized spacial score (nSPS) is 10.5. The van der Waals surface area contributed by atoms with Crippen molar-refractivity contribution < 1.29 is 26.5 Å². The molecular formula is C18H20BrClN4O2. The van der Waals surface area contributed by atoms with E-state index in [4.69, 9.17) is 16.2 Å². The fourth-order valence-corrected chi connectivity index (χ4v) is 3.08. The lowest BCUT2D eigenvalue weighted by Gasteiger charge is -2.06. The molecule has 6 nitrogen and oxygen atoms in total. The van der Waals surface area contributed by atoms with E-state index in [9.17, 15) is 4.79 Å². The van der Waals surface area contributed by atoms with Crippen molar-refractivity contribution in [2.45, 2.75) is 19.5 Å². The lowest BCUT2D eigenvalue weighted by Crippen LogP contribution is -3.00. The summed E-state index contributed by atoms with van der Waals surface area (Å²) in [6.07, 6.45) is 0.787. The third-order valence-corrected chi connectivity index (χ3v) is 4.47. The highest BCUT2D eigenvalue weighted by molar-refractivity contribution is 9.10. The van der Waals surface area contributed by atoms with E-state index < -0.39 is 5.91 Å². The van der Waals surface area contributed by atoms with Crippen molar-refractivity contribution in [3.8, 4) is 5.75 Å². The van der Waals surface area contributed by atoms with E-state index in [0.717, 1.165) is 27.7 Å². The zero-order chi connectivity index (χ0) is 17.8. The van der Waals surface area contributed by atoms with Gasteiger partial charge in [-0.15, -0.1) is 0 Å². The average Bonchev–Trinajstić information content (AvgIpc) is 2.85. The number of nitrogen functional groups attached to an aromatic ring is 1. The summed E-state index contributed by atoms with van der Waals surface area (Å²) in [5.41, 5.74) is 13.5. The van der Waals surface area contributed by atoms with Gasteiger partial charge >= 0.3 is 5.95 Å². The van der Waals surface area contributed by atoms with Crippen LogP contribution in [0.15, 0.2) is 53.0 Å². The zero-order valence-electron chi connectivity index (χ0n) is 14.1. The Morgan fingerprint density at radius 2 is 1.85 bits per heavy atom. The first-order valence-corrected chi connectivity index (χ1v) is 8.79. The number of ether oxygens (including phenoxy) is 1. The van der Waals surface area contributed by atoms with Crippen molar-refractivity contribution in [3.63, 3.8) is 0 Å². The van der Waals surface area contributed by atoms with Crippen LogP contribution in [0.2, 0.25) is 0 Å². The number of aromatic nitrogens is 2. The van der Waals surface area contributed by atoms with Gasteiger partial charge in [-0.2, -0.15) is 0 Å². The predicted molar refractivity (Wildman–Crippen MR) is 100.0 cm³/mol. The molecule has 3 aromatic rings. The second-order valence-electron chi connectivity index (χ2n) is 5.71. The fourth-order valence-electron chi connectivity index (χ4n) is 2.81. The van der Waals surface area contributed by atoms with Gasteiger partial charge in [0.25, 0.3) is 5.91 Å². The first-order valence-electron chi connectivity index (χ1n) is 7.99. The Balaban J connectivity index is 0.00000243. The number of hydrogen-bond donors (Lipinski definition) is 2. The van der Waals surface area contributed by atoms with E-state index in [-0.39, 0.29) is 19.0 Å². The van der Waals surface area contributed by atoms with Crippen molar-refractivity contribution in [1.82, 2.24) is 4.57 Å². The van der Waals surface area contributed by atoms with Crippen molar-refractivity contribution in [1.29, 1.82) is 0 Å². The number of primary amides is 1. The first-order chi connectivity index (χ1) is 12.1. The highest BCUT2D eigenvalue weighted by Crippen LogP contribution is 2.18. The van der Waals surface area contributed by atoms with Crippen LogP contribution in [-0.4, -0.2) is 17.1 Å². The smallest absolute Gasteiger partial charge is 0.356 e. The van der Waals surface area contributed by atoms with Crippen LogP contribution in [0, 0.1) is 0 Å². The number of carbonyl (C=O) groups excluding carboxylic acids is 1. The Morgan fingerprint density at radius 1 is 1.15 bits per heavy atom. The van der Waals surface area contributed by atoms with Crippen molar-refractivity contribution in [2.75, 3.05) is 12.3 Å². The quantitative estimate of drug-likeness (QED) is 0.374. The van der Waals surface area contributed by atoms with Crippen LogP contribution in [0.3, 0.4) is 0 Å². The molecule has 0 saturated carbocycles. The highest BCUT2D eigenvalue weighted by Gasteiger charge is 2.21. The van der Waals surface area contributed by atoms with Crippen LogP contribution in [-0.2, 0) is 17.9 Å². The van der Waals surface area contributed by atoms with E-state index in [1.165, 1.54) is 0 Å². The van der Waals surface area contributed by atoms with Gasteiger partial charge < -0.3 is 22.9 Å². The number of carbonyl (C=O) groups is 1. The molecular weight excluding hydrogens is 420 g/mol. The number of amides is 1. The van der Waals surface area contributed by atoms with Crippen LogP contribution >= 0.6 is 15.9 Å². The molecule has 3 rings (SSSR count). The summed E-state index contributed by atoms with van der Waals surface area (Å²) in [7, 11) is 0. The molecule has 0 aliphatic rings. The number of rotatable bonds is 7. The summed E-state index contributed by atoms with van der Waals surface area (Å²) in [5.74, 6) is 0.930. The van der Waals surface area contributed by atoms with Gasteiger partial charge in [0.15, 0.2) is 6.54 Å². The molecule has 1 aromatic heterocycles. The lowest BCUT2D eigenvalue weighted by atomic mass is 10.3. The maximum Gasteiger partial charge on any atom is 0.356 e. The number of anilines is 1. The molecule has 0 radical (unpaired) electrons. The summed E-state index contributed by atoms with van der Waals surface area (Å²) >= 11 is 3.40. The molecule has 2 aromatic carbocycles. The number of nitrogens with zero attached hydrogens (tertiary/aromatic N) is 2. The van der Waals surface area contributed by atoms with Gasteiger partial charge in [-0.25, -0.2) is 9.13 Å². The Bertz CT molecular complexity index is 896. The van der Waals surface area contributed by atoms with Crippen LogP contribution in [0.1, 0.15) is 6.42 Å². The second-order valence-corrected chi connectivity index (χ2v) is 6.62. The zero-order valence-corrected chi connectivity index (χ0v) is 16.4. The number of fused-ring (bicyclic) bond motifs is 1. The summed E-state index contributed by atoms with van der Waals surface area (Å²) < 4.78 is 10.5. The topological polar surface area (TPSA) is 87.2 Å². The molecule has 0 aliphatic carbocycles. The Labute approximate surface area is 166 Å². The van der Waals surface area contributed by atoms with Gasteiger partial charge in [-0.3, -0.25) is 10.5 Å². The molecule has 0 atom stereocenters. The van der Waals surface area contributed by atoms with Gasteiger partial charge in [-0.05, 0) is 36.4 Å². The number of nitrogens with two attached hydrogens (primary N) is 2. The van der Waals surface area contributed by atoms with E-state index in [1.54, 1.807) is 4.57 Å². The molecule has 26 heavy (non-hydrogen) atoms. The first kappa shape index (κ1) is 20.1. The largest absolute Gasteiger partial charge is 1.00 e. The molecule has 0 spiro atoms. The van der Waals surface area contributed by atoms with Gasteiger partial charge in [-0.1, -0.05) is 28.1 Å². The minimum absolute atomic E-state index is 0. The minimum Gasteiger partial charge on any atom is -1.00 e. The minimum atomic E-state index is -0.418. The summed E-state index contributed by atoms with van der Waals surface area (Å²) in [5, 5.41) is 0. The van der Waals surface area contributed by atoms with Crippen molar-refractivity contribution >= 4 is 38.8 Å². The summed E-state index contributed by atoms with van der Waals surface area (Å²) in [6, 6.07) is 15.5. The van der Waals surface area contributed by atoms with Gasteiger partial charge in [0, 0.05) is 10.9 Å². The Morgan fingerprint density at radius 3 is 2.54 bits per heavy atom. The third-order valence-electron chi connectivity index (χ3n) is 3.94. The van der Waals surface area contributed by atoms with Crippen LogP contribution < -0.4 is 33.2 Å². The molecule has 8 heteroatoms. The molecule has 0 saturated heterocycles. The molecule has 1 amide bonds. The molecule has 1 heterocycles. The number of halogens is 2. The van der Waals surface area contributed by atoms with Gasteiger partial charge in [0.2, 0.25) is 0 Å². The average molecular weight is 440 g/mol. The molecule has 0 fully saturated rings. The second kappa shape index (κ2) is 8.91. The monoisotopic (exact) mass is 438 g/mol. The van der Waals surface area contributed by atoms with Gasteiger partial charge in [0.1, 0.15) is 16.8 Å². The molecule has 138 valence electrons. The van der Waals surface area contributed by atoms with Crippen LogP contribution in [0.4, 0.5) is 5.95 Å². The maximum atomic E-state index is 11.3. The van der Waals surface area contributed by atoms with E-state index in [2.05, 4.69) is 15.9 Å².